The van der Waals surface area contributed by atoms with Crippen LogP contribution in [0.2, 0.25) is 0 Å². The zero-order valence-electron chi connectivity index (χ0n) is 22.2. The van der Waals surface area contributed by atoms with Crippen molar-refractivity contribution in [2.45, 2.75) is 17.9 Å². The van der Waals surface area contributed by atoms with Crippen molar-refractivity contribution in [2.75, 3.05) is 41.0 Å². The summed E-state index contributed by atoms with van der Waals surface area (Å²) in [6.45, 7) is -0.584. The number of nitrogens with one attached hydrogen (secondary N) is 1. The van der Waals surface area contributed by atoms with E-state index >= 15 is 0 Å². The van der Waals surface area contributed by atoms with E-state index in [1.165, 1.54) is 38.4 Å². The molecular weight excluding hydrogens is 544 g/mol. The van der Waals surface area contributed by atoms with Crippen LogP contribution in [0.15, 0.2) is 59.6 Å². The van der Waals surface area contributed by atoms with E-state index in [1.807, 2.05) is 0 Å². The molecule has 2 aromatic carbocycles. The first-order valence-electron chi connectivity index (χ1n) is 12.0. The van der Waals surface area contributed by atoms with Crippen molar-refractivity contribution in [1.82, 2.24) is 14.6 Å². The van der Waals surface area contributed by atoms with Gasteiger partial charge in [0.15, 0.2) is 16.4 Å². The third-order valence-corrected chi connectivity index (χ3v) is 7.31. The molecule has 0 aliphatic heterocycles. The maximum Gasteiger partial charge on any atom is 0.289 e. The number of amides is 1. The van der Waals surface area contributed by atoms with Gasteiger partial charge in [0.05, 0.1) is 38.5 Å². The number of sulfonamides is 1. The highest BCUT2D eigenvalue weighted by Gasteiger charge is 2.26. The van der Waals surface area contributed by atoms with Gasteiger partial charge >= 0.3 is 0 Å². The van der Waals surface area contributed by atoms with Gasteiger partial charge in [0.2, 0.25) is 21.7 Å². The number of nitro groups is 1. The van der Waals surface area contributed by atoms with E-state index < -0.39 is 38.0 Å². The monoisotopic (exact) mass is 574 g/mol. The lowest BCUT2D eigenvalue weighted by atomic mass is 10.1. The Balaban J connectivity index is 1.83. The van der Waals surface area contributed by atoms with E-state index in [0.29, 0.717) is 34.1 Å². The van der Waals surface area contributed by atoms with Crippen molar-refractivity contribution in [3.8, 4) is 28.5 Å². The van der Waals surface area contributed by atoms with E-state index in [-0.39, 0.29) is 26.1 Å². The van der Waals surface area contributed by atoms with Crippen molar-refractivity contribution in [2.24, 2.45) is 0 Å². The van der Waals surface area contributed by atoms with Crippen LogP contribution in [0.1, 0.15) is 12.0 Å². The summed E-state index contributed by atoms with van der Waals surface area (Å²) in [6.07, 6.45) is 1.83. The number of rotatable bonds is 14. The maximum absolute atomic E-state index is 13.1. The maximum atomic E-state index is 13.1. The van der Waals surface area contributed by atoms with Gasteiger partial charge in [-0.05, 0) is 42.3 Å². The fraction of sp³-hybridized carbons (Fsp3) is 0.308. The number of hydrogen-bond acceptors (Lipinski definition) is 10. The molecule has 1 aromatic heterocycles. The summed E-state index contributed by atoms with van der Waals surface area (Å²) in [6, 6.07) is 11.8. The topological polar surface area (TPSA) is 170 Å². The van der Waals surface area contributed by atoms with Crippen LogP contribution < -0.4 is 18.9 Å². The number of methoxy groups -OCH3 is 3. The predicted molar refractivity (Wildman–Crippen MR) is 145 cm³/mol. The van der Waals surface area contributed by atoms with Crippen LogP contribution in [0.4, 0.5) is 5.69 Å². The number of carbonyl (C=O) groups is 1. The number of benzene rings is 2. The molecule has 0 bridgehead atoms. The third kappa shape index (κ3) is 7.22. The molecule has 0 aliphatic rings. The first-order valence-corrected chi connectivity index (χ1v) is 13.5. The number of ether oxygens (including phenoxy) is 3. The fourth-order valence-corrected chi connectivity index (χ4v) is 5.06. The predicted octanol–water partition coefficient (Wildman–Crippen LogP) is 2.37. The van der Waals surface area contributed by atoms with Crippen LogP contribution in [0.3, 0.4) is 0 Å². The van der Waals surface area contributed by atoms with E-state index in [1.54, 1.807) is 30.5 Å². The average molecular weight is 575 g/mol. The summed E-state index contributed by atoms with van der Waals surface area (Å²) < 4.78 is 43.8. The zero-order chi connectivity index (χ0) is 29.3. The van der Waals surface area contributed by atoms with Crippen molar-refractivity contribution in [1.29, 1.82) is 0 Å². The second-order valence-electron chi connectivity index (χ2n) is 8.41. The third-order valence-electron chi connectivity index (χ3n) is 5.86. The molecule has 13 nitrogen and oxygen atoms in total. The molecule has 14 heteroatoms. The quantitative estimate of drug-likeness (QED) is 0.215. The number of para-hydroxylation sites is 1. The molecule has 2 N–H and O–H groups in total. The number of hydrogen-bond donors (Lipinski definition) is 2. The first kappa shape index (κ1) is 30.3. The highest BCUT2D eigenvalue weighted by atomic mass is 32.2. The van der Waals surface area contributed by atoms with E-state index in [0.717, 1.165) is 12.1 Å². The number of nitro benzene ring substituents is 1. The highest BCUT2D eigenvalue weighted by molar-refractivity contribution is 7.89. The summed E-state index contributed by atoms with van der Waals surface area (Å²) in [4.78, 5) is 28.8. The van der Waals surface area contributed by atoms with Crippen LogP contribution in [0.5, 0.6) is 17.2 Å². The molecule has 0 aliphatic carbocycles. The second-order valence-corrected chi connectivity index (χ2v) is 10.1. The van der Waals surface area contributed by atoms with Crippen molar-refractivity contribution >= 4 is 21.6 Å². The minimum absolute atomic E-state index is 0.0893. The smallest absolute Gasteiger partial charge is 0.289 e. The van der Waals surface area contributed by atoms with Crippen LogP contribution in [-0.2, 0) is 21.4 Å². The minimum atomic E-state index is -4.35. The molecule has 1 amide bonds. The lowest BCUT2D eigenvalue weighted by Gasteiger charge is -2.23. The Labute approximate surface area is 231 Å². The van der Waals surface area contributed by atoms with Gasteiger partial charge in [0.1, 0.15) is 0 Å². The normalized spacial score (nSPS) is 11.1. The second kappa shape index (κ2) is 13.7. The molecule has 3 rings (SSSR count). The average Bonchev–Trinajstić information content (AvgIpc) is 2.97. The highest BCUT2D eigenvalue weighted by Crippen LogP contribution is 2.40. The van der Waals surface area contributed by atoms with Gasteiger partial charge in [0, 0.05) is 37.5 Å². The van der Waals surface area contributed by atoms with Crippen LogP contribution in [0.25, 0.3) is 11.3 Å². The van der Waals surface area contributed by atoms with Gasteiger partial charge in [-0.1, -0.05) is 12.1 Å². The number of aliphatic hydroxyl groups excluding tert-OH is 1. The van der Waals surface area contributed by atoms with Crippen LogP contribution >= 0.6 is 0 Å². The van der Waals surface area contributed by atoms with E-state index in [9.17, 15) is 28.4 Å². The van der Waals surface area contributed by atoms with Crippen LogP contribution in [-0.4, -0.2) is 75.3 Å². The molecule has 3 aromatic rings. The Morgan fingerprint density at radius 2 is 1.75 bits per heavy atom. The summed E-state index contributed by atoms with van der Waals surface area (Å²) in [5.74, 6) is 0.722. The Bertz CT molecular complexity index is 1440. The van der Waals surface area contributed by atoms with Gasteiger partial charge in [-0.2, -0.15) is 0 Å². The number of aliphatic hydroxyl groups is 1. The summed E-state index contributed by atoms with van der Waals surface area (Å²) in [7, 11) is 0.146. The van der Waals surface area contributed by atoms with E-state index in [2.05, 4.69) is 9.71 Å². The number of aromatic nitrogens is 1. The van der Waals surface area contributed by atoms with Gasteiger partial charge in [-0.25, -0.2) is 13.1 Å². The molecule has 0 unspecified atom stereocenters. The first-order chi connectivity index (χ1) is 19.1. The van der Waals surface area contributed by atoms with Gasteiger partial charge in [-0.3, -0.25) is 19.9 Å². The number of pyridine rings is 1. The fourth-order valence-electron chi connectivity index (χ4n) is 3.91. The summed E-state index contributed by atoms with van der Waals surface area (Å²) in [5, 5.41) is 20.6. The molecule has 0 saturated carbocycles. The van der Waals surface area contributed by atoms with Gasteiger partial charge in [-0.15, -0.1) is 0 Å². The van der Waals surface area contributed by atoms with Crippen molar-refractivity contribution < 1.29 is 37.5 Å². The number of nitrogens with zero attached hydrogens (tertiary/aromatic N) is 3. The Morgan fingerprint density at radius 3 is 2.35 bits per heavy atom. The Kier molecular flexibility index (Phi) is 10.4. The SMILES string of the molecule is COc1cc(-c2cc(CN(CCCO)C(=O)CNS(=O)(=O)c3ccccc3[N+](=O)[O-])ccn2)cc(OC)c1OC. The molecule has 1 heterocycles. The molecule has 40 heavy (non-hydrogen) atoms. The lowest BCUT2D eigenvalue weighted by molar-refractivity contribution is -0.387. The molecule has 0 radical (unpaired) electrons. The molecule has 0 spiro atoms. The lowest BCUT2D eigenvalue weighted by Crippen LogP contribution is -2.40. The van der Waals surface area contributed by atoms with Gasteiger partial charge < -0.3 is 24.2 Å². The minimum Gasteiger partial charge on any atom is -0.493 e. The van der Waals surface area contributed by atoms with Crippen LogP contribution in [0, 0.1) is 10.1 Å². The zero-order valence-corrected chi connectivity index (χ0v) is 23.0. The molecular formula is C26H30N4O9S. The largest absolute Gasteiger partial charge is 0.493 e. The summed E-state index contributed by atoms with van der Waals surface area (Å²) in [5.41, 5.74) is 1.31. The molecule has 0 fully saturated rings. The standard InChI is InChI=1S/C26H30N4O9S/c1-37-22-14-19(15-23(38-2)26(22)39-3)20-13-18(9-10-27-20)17-29(11-6-12-31)25(32)16-28-40(35,36)24-8-5-4-7-21(24)30(33)34/h4-5,7-10,13-15,28,31H,6,11-12,16-17H2,1-3H3. The molecule has 0 saturated heterocycles. The molecule has 0 atom stereocenters. The van der Waals surface area contributed by atoms with Gasteiger partial charge in [0.25, 0.3) is 5.69 Å². The summed E-state index contributed by atoms with van der Waals surface area (Å²) >= 11 is 0. The Morgan fingerprint density at radius 1 is 1.07 bits per heavy atom. The van der Waals surface area contributed by atoms with Crippen molar-refractivity contribution in [3.05, 3.63) is 70.4 Å². The molecule has 214 valence electrons. The van der Waals surface area contributed by atoms with E-state index in [4.69, 9.17) is 14.2 Å². The Hall–Kier alpha value is -4.27. The number of carbonyl (C=O) groups excluding carboxylic acids is 1. The van der Waals surface area contributed by atoms with Crippen molar-refractivity contribution in [3.63, 3.8) is 0 Å².